The van der Waals surface area contributed by atoms with Crippen LogP contribution in [0.3, 0.4) is 0 Å². The second kappa shape index (κ2) is 6.20. The number of hydrogen-bond acceptors (Lipinski definition) is 3. The summed E-state index contributed by atoms with van der Waals surface area (Å²) in [5.41, 5.74) is 1.04. The second-order valence-electron chi connectivity index (χ2n) is 5.73. The number of ketones is 1. The molecular weight excluding hydrogens is 268 g/mol. The first-order chi connectivity index (χ1) is 9.46. The fourth-order valence-electron chi connectivity index (χ4n) is 2.03. The van der Waals surface area contributed by atoms with Crippen LogP contribution in [0.1, 0.15) is 28.6 Å². The molecule has 3 nitrogen and oxygen atoms in total. The minimum absolute atomic E-state index is 0.0258. The Hall–Kier alpha value is -1.65. The number of carbonyl (C=O) groups excluding carboxylic acids is 1. The monoisotopic (exact) mass is 288 g/mol. The number of hydrogen-bond donors (Lipinski definition) is 0. The van der Waals surface area contributed by atoms with Gasteiger partial charge in [-0.05, 0) is 37.3 Å². The molecule has 0 amide bonds. The summed E-state index contributed by atoms with van der Waals surface area (Å²) in [5, 5.41) is 0. The van der Waals surface area contributed by atoms with Crippen molar-refractivity contribution in [1.82, 2.24) is 0 Å². The predicted molar refractivity (Wildman–Crippen MR) is 81.3 cm³/mol. The van der Waals surface area contributed by atoms with Gasteiger partial charge < -0.3 is 8.84 Å². The highest BCUT2D eigenvalue weighted by atomic mass is 28.4. The third-order valence-corrected chi connectivity index (χ3v) is 3.83. The first-order valence-corrected chi connectivity index (χ1v) is 10.2. The summed E-state index contributed by atoms with van der Waals surface area (Å²) in [5.74, 6) is 0.368. The van der Waals surface area contributed by atoms with E-state index in [9.17, 15) is 4.79 Å². The van der Waals surface area contributed by atoms with Crippen molar-refractivity contribution in [2.45, 2.75) is 32.2 Å². The van der Waals surface area contributed by atoms with Crippen LogP contribution in [-0.2, 0) is 4.43 Å². The maximum atomic E-state index is 12.2. The summed E-state index contributed by atoms with van der Waals surface area (Å²) in [7, 11) is -1.74. The fourth-order valence-corrected chi connectivity index (χ4v) is 3.10. The fraction of sp³-hybridized carbons (Fsp3) is 0.312. The maximum absolute atomic E-state index is 12.2. The summed E-state index contributed by atoms with van der Waals surface area (Å²) < 4.78 is 11.3. The molecule has 0 aliphatic heterocycles. The Kier molecular flexibility index (Phi) is 4.57. The van der Waals surface area contributed by atoms with Gasteiger partial charge in [0.1, 0.15) is 0 Å². The molecule has 0 saturated heterocycles. The Bertz CT molecular complexity index is 541. The average molecular weight is 288 g/mol. The molecule has 0 radical (unpaired) electrons. The van der Waals surface area contributed by atoms with Crippen LogP contribution in [0, 0.1) is 0 Å². The molecule has 2 aromatic rings. The molecule has 20 heavy (non-hydrogen) atoms. The van der Waals surface area contributed by atoms with Crippen molar-refractivity contribution in [3.63, 3.8) is 0 Å². The van der Waals surface area contributed by atoms with E-state index in [4.69, 9.17) is 8.84 Å². The van der Waals surface area contributed by atoms with Gasteiger partial charge in [-0.25, -0.2) is 0 Å². The molecule has 2 rings (SSSR count). The van der Waals surface area contributed by atoms with Crippen LogP contribution in [-0.4, -0.2) is 14.1 Å². The number of Topliss-reactive ketones (excluding diaryl/α,β-unsaturated/α-hetero) is 1. The molecule has 0 N–H and O–H groups in total. The first-order valence-electron chi connectivity index (χ1n) is 6.75. The minimum Gasteiger partial charge on any atom is -0.461 e. The second-order valence-corrected chi connectivity index (χ2v) is 10.2. The van der Waals surface area contributed by atoms with E-state index in [0.29, 0.717) is 12.2 Å². The molecule has 1 aromatic heterocycles. The van der Waals surface area contributed by atoms with Gasteiger partial charge in [-0.3, -0.25) is 4.79 Å². The molecule has 0 fully saturated rings. The zero-order chi connectivity index (χ0) is 14.6. The number of furan rings is 1. The minimum atomic E-state index is -1.74. The maximum Gasteiger partial charge on any atom is 0.200 e. The molecule has 1 atom stereocenters. The molecule has 1 heterocycles. The van der Waals surface area contributed by atoms with E-state index < -0.39 is 8.32 Å². The normalized spacial score (nSPS) is 13.2. The number of benzene rings is 1. The Morgan fingerprint density at radius 2 is 1.85 bits per heavy atom. The first kappa shape index (κ1) is 14.7. The van der Waals surface area contributed by atoms with Crippen LogP contribution < -0.4 is 0 Å². The smallest absolute Gasteiger partial charge is 0.200 e. The predicted octanol–water partition coefficient (Wildman–Crippen LogP) is 4.45. The summed E-state index contributed by atoms with van der Waals surface area (Å²) in [6.45, 7) is 6.38. The van der Waals surface area contributed by atoms with Gasteiger partial charge in [-0.2, -0.15) is 0 Å². The SMILES string of the molecule is C[Si](C)(C)OC(CC(=O)c1ccco1)c1ccccc1. The van der Waals surface area contributed by atoms with E-state index in [1.807, 2.05) is 30.3 Å². The lowest BCUT2D eigenvalue weighted by Gasteiger charge is -2.26. The number of carbonyl (C=O) groups is 1. The molecule has 0 aliphatic carbocycles. The highest BCUT2D eigenvalue weighted by Crippen LogP contribution is 2.27. The van der Waals surface area contributed by atoms with Gasteiger partial charge in [0.2, 0.25) is 5.78 Å². The molecule has 0 bridgehead atoms. The average Bonchev–Trinajstić information content (AvgIpc) is 2.91. The van der Waals surface area contributed by atoms with Gasteiger partial charge >= 0.3 is 0 Å². The zero-order valence-electron chi connectivity index (χ0n) is 12.1. The number of rotatable bonds is 6. The lowest BCUT2D eigenvalue weighted by Crippen LogP contribution is -2.29. The molecule has 106 valence electrons. The summed E-state index contributed by atoms with van der Waals surface area (Å²) in [6, 6.07) is 13.3. The molecule has 0 aliphatic rings. The molecule has 1 unspecified atom stereocenters. The largest absolute Gasteiger partial charge is 0.461 e. The standard InChI is InChI=1S/C16H20O3Si/c1-20(2,3)19-16(13-8-5-4-6-9-13)12-14(17)15-10-7-11-18-15/h4-11,16H,12H2,1-3H3. The van der Waals surface area contributed by atoms with E-state index in [-0.39, 0.29) is 11.9 Å². The lowest BCUT2D eigenvalue weighted by molar-refractivity contribution is 0.0873. The van der Waals surface area contributed by atoms with Crippen LogP contribution in [0.15, 0.2) is 53.1 Å². The molecule has 4 heteroatoms. The van der Waals surface area contributed by atoms with Crippen molar-refractivity contribution in [1.29, 1.82) is 0 Å². The van der Waals surface area contributed by atoms with E-state index in [2.05, 4.69) is 19.6 Å². The van der Waals surface area contributed by atoms with Crippen LogP contribution in [0.5, 0.6) is 0 Å². The molecule has 0 spiro atoms. The van der Waals surface area contributed by atoms with E-state index in [1.54, 1.807) is 12.1 Å². The van der Waals surface area contributed by atoms with Crippen molar-refractivity contribution in [3.05, 3.63) is 60.1 Å². The van der Waals surface area contributed by atoms with Crippen molar-refractivity contribution < 1.29 is 13.6 Å². The Morgan fingerprint density at radius 3 is 2.40 bits per heavy atom. The van der Waals surface area contributed by atoms with E-state index in [0.717, 1.165) is 5.56 Å². The highest BCUT2D eigenvalue weighted by Gasteiger charge is 2.25. The van der Waals surface area contributed by atoms with Crippen LogP contribution >= 0.6 is 0 Å². The van der Waals surface area contributed by atoms with Crippen molar-refractivity contribution in [3.8, 4) is 0 Å². The summed E-state index contributed by atoms with van der Waals surface area (Å²) in [6.07, 6.45) is 1.62. The molecule has 0 saturated carbocycles. The summed E-state index contributed by atoms with van der Waals surface area (Å²) >= 11 is 0. The topological polar surface area (TPSA) is 39.4 Å². The van der Waals surface area contributed by atoms with Crippen molar-refractivity contribution in [2.75, 3.05) is 0 Å². The van der Waals surface area contributed by atoms with Gasteiger partial charge in [0.15, 0.2) is 14.1 Å². The van der Waals surface area contributed by atoms with Crippen LogP contribution in [0.4, 0.5) is 0 Å². The Balaban J connectivity index is 2.17. The van der Waals surface area contributed by atoms with E-state index >= 15 is 0 Å². The van der Waals surface area contributed by atoms with Crippen molar-refractivity contribution in [2.24, 2.45) is 0 Å². The molecular formula is C16H20O3Si. The van der Waals surface area contributed by atoms with Gasteiger partial charge in [0, 0.05) is 6.42 Å². The van der Waals surface area contributed by atoms with Gasteiger partial charge in [-0.1, -0.05) is 30.3 Å². The highest BCUT2D eigenvalue weighted by molar-refractivity contribution is 6.69. The van der Waals surface area contributed by atoms with Gasteiger partial charge in [-0.15, -0.1) is 0 Å². The van der Waals surface area contributed by atoms with Crippen LogP contribution in [0.25, 0.3) is 0 Å². The van der Waals surface area contributed by atoms with E-state index in [1.165, 1.54) is 6.26 Å². The molecule has 1 aromatic carbocycles. The third-order valence-electron chi connectivity index (χ3n) is 2.83. The van der Waals surface area contributed by atoms with Gasteiger partial charge in [0.05, 0.1) is 12.4 Å². The zero-order valence-corrected chi connectivity index (χ0v) is 13.1. The Morgan fingerprint density at radius 1 is 1.15 bits per heavy atom. The van der Waals surface area contributed by atoms with Gasteiger partial charge in [0.25, 0.3) is 0 Å². The van der Waals surface area contributed by atoms with Crippen molar-refractivity contribution >= 4 is 14.1 Å². The lowest BCUT2D eigenvalue weighted by atomic mass is 10.0. The Labute approximate surface area is 120 Å². The quantitative estimate of drug-likeness (QED) is 0.582. The summed E-state index contributed by atoms with van der Waals surface area (Å²) in [4.78, 5) is 12.2. The third kappa shape index (κ3) is 4.18. The van der Waals surface area contributed by atoms with Crippen LogP contribution in [0.2, 0.25) is 19.6 Å².